The Morgan fingerprint density at radius 2 is 1.77 bits per heavy atom. The number of hydrogen-bond acceptors (Lipinski definition) is 4. The molecule has 1 aliphatic rings. The molecule has 0 amide bonds. The van der Waals surface area contributed by atoms with E-state index in [1.54, 1.807) is 7.11 Å². The Kier molecular flexibility index (Phi) is 8.35. The number of rotatable bonds is 10. The first kappa shape index (κ1) is 25.1. The summed E-state index contributed by atoms with van der Waals surface area (Å²) in [6, 6.07) is 22.0. The minimum absolute atomic E-state index is 0.367. The van der Waals surface area contributed by atoms with Gasteiger partial charge in [-0.1, -0.05) is 50.2 Å². The maximum absolute atomic E-state index is 9.88. The Hall–Kier alpha value is -2.98. The van der Waals surface area contributed by atoms with E-state index in [2.05, 4.69) is 79.5 Å². The van der Waals surface area contributed by atoms with Gasteiger partial charge in [0.05, 0.1) is 7.11 Å². The van der Waals surface area contributed by atoms with Crippen LogP contribution in [0.15, 0.2) is 60.7 Å². The number of nitrogens with zero attached hydrogens (tertiary/aromatic N) is 1. The lowest BCUT2D eigenvalue weighted by atomic mass is 9.79. The van der Waals surface area contributed by atoms with Gasteiger partial charge in [0.1, 0.15) is 11.5 Å². The molecular weight excluding hydrogens is 432 g/mol. The highest BCUT2D eigenvalue weighted by Crippen LogP contribution is 2.40. The summed E-state index contributed by atoms with van der Waals surface area (Å²) in [5.41, 5.74) is 8.00. The highest BCUT2D eigenvalue weighted by atomic mass is 16.5. The average molecular weight is 473 g/mol. The van der Waals surface area contributed by atoms with E-state index in [4.69, 9.17) is 4.74 Å². The molecule has 0 heterocycles. The number of hydrogen-bond donors (Lipinski definition) is 2. The van der Waals surface area contributed by atoms with Gasteiger partial charge in [0.15, 0.2) is 0 Å². The summed E-state index contributed by atoms with van der Waals surface area (Å²) in [6.07, 6.45) is 4.15. The zero-order valence-corrected chi connectivity index (χ0v) is 21.7. The van der Waals surface area contributed by atoms with E-state index in [-0.39, 0.29) is 0 Å². The van der Waals surface area contributed by atoms with Gasteiger partial charge in [-0.3, -0.25) is 0 Å². The molecule has 4 nitrogen and oxygen atoms in total. The van der Waals surface area contributed by atoms with E-state index >= 15 is 0 Å². The number of nitrogens with one attached hydrogen (secondary N) is 1. The monoisotopic (exact) mass is 472 g/mol. The number of methoxy groups -OCH3 is 1. The first-order chi connectivity index (χ1) is 17.0. The molecule has 186 valence electrons. The van der Waals surface area contributed by atoms with E-state index in [0.29, 0.717) is 17.7 Å². The maximum Gasteiger partial charge on any atom is 0.120 e. The fourth-order valence-corrected chi connectivity index (χ4v) is 5.18. The van der Waals surface area contributed by atoms with Gasteiger partial charge in [-0.15, -0.1) is 0 Å². The third-order valence-corrected chi connectivity index (χ3v) is 7.18. The molecule has 1 atom stereocenters. The van der Waals surface area contributed by atoms with Crippen molar-refractivity contribution in [1.29, 1.82) is 0 Å². The van der Waals surface area contributed by atoms with Crippen molar-refractivity contribution >= 4 is 5.69 Å². The summed E-state index contributed by atoms with van der Waals surface area (Å²) in [5.74, 6) is 1.72. The Labute approximate surface area is 211 Å². The number of anilines is 1. The van der Waals surface area contributed by atoms with Crippen molar-refractivity contribution in [2.24, 2.45) is 0 Å². The second-order valence-corrected chi connectivity index (χ2v) is 10.0. The summed E-state index contributed by atoms with van der Waals surface area (Å²) < 4.78 is 5.62. The van der Waals surface area contributed by atoms with Crippen molar-refractivity contribution in [3.05, 3.63) is 88.5 Å². The van der Waals surface area contributed by atoms with Crippen LogP contribution in [0.4, 0.5) is 5.69 Å². The van der Waals surface area contributed by atoms with E-state index < -0.39 is 0 Å². The molecule has 4 heteroatoms. The van der Waals surface area contributed by atoms with E-state index in [0.717, 1.165) is 51.1 Å². The van der Waals surface area contributed by atoms with Crippen molar-refractivity contribution in [3.63, 3.8) is 0 Å². The summed E-state index contributed by atoms with van der Waals surface area (Å²) in [5, 5.41) is 13.4. The summed E-state index contributed by atoms with van der Waals surface area (Å²) >= 11 is 0. The number of aromatic hydroxyl groups is 1. The Bertz CT molecular complexity index is 1110. The van der Waals surface area contributed by atoms with Crippen molar-refractivity contribution in [3.8, 4) is 11.5 Å². The predicted molar refractivity (Wildman–Crippen MR) is 146 cm³/mol. The minimum Gasteiger partial charge on any atom is -0.508 e. The standard InChI is InChI=1S/C31H40N2O2/c1-5-33(21-24-8-6-23(7-9-24)16-17-32-22(2)3)31-20-29(35-4)14-15-30(31)27-11-10-26-19-28(34)13-12-25(26)18-27/h6-9,12-15,19-20,22,27,32,34H,5,10-11,16-18,21H2,1-4H3. The van der Waals surface area contributed by atoms with E-state index in [9.17, 15) is 5.11 Å². The van der Waals surface area contributed by atoms with Crippen LogP contribution in [0.5, 0.6) is 11.5 Å². The van der Waals surface area contributed by atoms with Gasteiger partial charge in [-0.05, 0) is 91.1 Å². The van der Waals surface area contributed by atoms with Crippen LogP contribution in [0.25, 0.3) is 0 Å². The van der Waals surface area contributed by atoms with E-state index in [1.807, 2.05) is 12.1 Å². The molecule has 0 saturated carbocycles. The van der Waals surface area contributed by atoms with Crippen LogP contribution in [0.1, 0.15) is 60.9 Å². The Morgan fingerprint density at radius 1 is 1.00 bits per heavy atom. The smallest absolute Gasteiger partial charge is 0.120 e. The number of phenolic OH excluding ortho intramolecular Hbond substituents is 1. The molecule has 0 spiro atoms. The highest BCUT2D eigenvalue weighted by molar-refractivity contribution is 5.60. The quantitative estimate of drug-likeness (QED) is 0.367. The summed E-state index contributed by atoms with van der Waals surface area (Å²) in [4.78, 5) is 2.47. The van der Waals surface area contributed by atoms with Crippen LogP contribution in [-0.4, -0.2) is 31.3 Å². The number of ether oxygens (including phenoxy) is 1. The zero-order valence-electron chi connectivity index (χ0n) is 21.7. The topological polar surface area (TPSA) is 44.7 Å². The number of fused-ring (bicyclic) bond motifs is 1. The molecule has 3 aromatic rings. The van der Waals surface area contributed by atoms with Crippen molar-refractivity contribution in [1.82, 2.24) is 5.32 Å². The third-order valence-electron chi connectivity index (χ3n) is 7.18. The molecule has 1 aliphatic carbocycles. The fourth-order valence-electron chi connectivity index (χ4n) is 5.18. The molecule has 0 radical (unpaired) electrons. The van der Waals surface area contributed by atoms with Gasteiger partial charge < -0.3 is 20.1 Å². The van der Waals surface area contributed by atoms with Gasteiger partial charge in [0, 0.05) is 30.9 Å². The van der Waals surface area contributed by atoms with Crippen molar-refractivity contribution in [2.45, 2.75) is 65.0 Å². The van der Waals surface area contributed by atoms with Crippen LogP contribution in [0.2, 0.25) is 0 Å². The first-order valence-electron chi connectivity index (χ1n) is 13.0. The molecule has 1 unspecified atom stereocenters. The normalized spacial score (nSPS) is 15.2. The van der Waals surface area contributed by atoms with Gasteiger partial charge in [0.2, 0.25) is 0 Å². The van der Waals surface area contributed by atoms with Crippen molar-refractivity contribution < 1.29 is 9.84 Å². The fraction of sp³-hybridized carbons (Fsp3) is 0.419. The van der Waals surface area contributed by atoms with Crippen LogP contribution in [-0.2, 0) is 25.8 Å². The lowest BCUT2D eigenvalue weighted by molar-refractivity contribution is 0.414. The molecular formula is C31H40N2O2. The second-order valence-electron chi connectivity index (χ2n) is 10.0. The predicted octanol–water partition coefficient (Wildman–Crippen LogP) is 6.24. The van der Waals surface area contributed by atoms with Crippen LogP contribution < -0.4 is 15.0 Å². The van der Waals surface area contributed by atoms with Gasteiger partial charge in [0.25, 0.3) is 0 Å². The molecule has 3 aromatic carbocycles. The third kappa shape index (κ3) is 6.37. The maximum atomic E-state index is 9.88. The Morgan fingerprint density at radius 3 is 2.49 bits per heavy atom. The van der Waals surface area contributed by atoms with Crippen LogP contribution in [0, 0.1) is 0 Å². The molecule has 35 heavy (non-hydrogen) atoms. The zero-order chi connectivity index (χ0) is 24.8. The molecule has 0 saturated heterocycles. The van der Waals surface area contributed by atoms with Gasteiger partial charge in [-0.2, -0.15) is 0 Å². The number of aryl methyl sites for hydroxylation is 1. The Balaban J connectivity index is 1.54. The molecule has 2 N–H and O–H groups in total. The summed E-state index contributed by atoms with van der Waals surface area (Å²) in [6.45, 7) is 9.41. The van der Waals surface area contributed by atoms with Crippen LogP contribution >= 0.6 is 0 Å². The van der Waals surface area contributed by atoms with Gasteiger partial charge >= 0.3 is 0 Å². The largest absolute Gasteiger partial charge is 0.508 e. The highest BCUT2D eigenvalue weighted by Gasteiger charge is 2.24. The molecule has 0 bridgehead atoms. The minimum atomic E-state index is 0.367. The average Bonchev–Trinajstić information content (AvgIpc) is 2.87. The second kappa shape index (κ2) is 11.6. The lowest BCUT2D eigenvalue weighted by Gasteiger charge is -2.32. The molecule has 0 fully saturated rings. The SMILES string of the molecule is CCN(Cc1ccc(CCNC(C)C)cc1)c1cc(OC)ccc1C1CCc2cc(O)ccc2C1. The van der Waals surface area contributed by atoms with Gasteiger partial charge in [-0.25, -0.2) is 0 Å². The lowest BCUT2D eigenvalue weighted by Crippen LogP contribution is -2.25. The molecule has 0 aromatic heterocycles. The van der Waals surface area contributed by atoms with Crippen molar-refractivity contribution in [2.75, 3.05) is 25.1 Å². The number of phenols is 1. The van der Waals surface area contributed by atoms with Crippen LogP contribution in [0.3, 0.4) is 0 Å². The molecule has 0 aliphatic heterocycles. The first-order valence-corrected chi connectivity index (χ1v) is 13.0. The number of benzene rings is 3. The van der Waals surface area contributed by atoms with E-state index in [1.165, 1.54) is 33.5 Å². The molecule has 4 rings (SSSR count). The summed E-state index contributed by atoms with van der Waals surface area (Å²) in [7, 11) is 1.74.